The van der Waals surface area contributed by atoms with E-state index in [9.17, 15) is 29.4 Å². The number of carbonyl (C=O) groups excluding carboxylic acids is 4. The minimum absolute atomic E-state index is 0.0129. The predicted molar refractivity (Wildman–Crippen MR) is 265 cm³/mol. The van der Waals surface area contributed by atoms with Crippen molar-refractivity contribution in [2.45, 2.75) is 161 Å². The molecule has 0 amide bonds. The summed E-state index contributed by atoms with van der Waals surface area (Å²) in [7, 11) is 0. The van der Waals surface area contributed by atoms with Gasteiger partial charge in [0.15, 0.2) is 34.6 Å². The molecule has 0 aromatic heterocycles. The molecule has 64 heavy (non-hydrogen) atoms. The third-order valence-corrected chi connectivity index (χ3v) is 11.3. The molecule has 4 aromatic carbocycles. The topological polar surface area (TPSA) is 109 Å². The van der Waals surface area contributed by atoms with Gasteiger partial charge in [-0.15, -0.1) is 0 Å². The van der Waals surface area contributed by atoms with Crippen LogP contribution in [-0.4, -0.2) is 33.3 Å². The molecule has 0 saturated carbocycles. The fraction of sp³-hybridized carbons (Fsp3) is 0.517. The first-order valence-corrected chi connectivity index (χ1v) is 23.4. The zero-order valence-electron chi connectivity index (χ0n) is 41.8. The van der Waals surface area contributed by atoms with Gasteiger partial charge in [0.05, 0.1) is 0 Å². The standard InChI is InChI=1S/C42H62O4.C16H18O2/c1-27(19-29-15-17-31(35(43)23-39(3,4)5)33(21-29)37(45)25-41(9,10)11)28(2)20-30-16-18-32(36(44)24-40(6,7)8)34(22-30)38(46)26-42(12,13)14;17-15-11-10-14(12-16(15)18)9-5-4-8-13-6-2-1-3-7-13/h15-18,21-22,27-28H,19-20,23-26H2,1-14H3;1-3,6-7,10-12,17-18H,4-5,8-9H2. The quantitative estimate of drug-likeness (QED) is 0.0585. The first-order valence-electron chi connectivity index (χ1n) is 23.4. The molecule has 0 aliphatic carbocycles. The van der Waals surface area contributed by atoms with Crippen molar-refractivity contribution < 1.29 is 29.4 Å². The summed E-state index contributed by atoms with van der Waals surface area (Å²) in [4.78, 5) is 53.5. The minimum Gasteiger partial charge on any atom is -0.504 e. The summed E-state index contributed by atoms with van der Waals surface area (Å²) in [6.45, 7) is 29.0. The fourth-order valence-corrected chi connectivity index (χ4v) is 7.87. The molecule has 0 fully saturated rings. The van der Waals surface area contributed by atoms with Crippen LogP contribution in [0.25, 0.3) is 0 Å². The second-order valence-corrected chi connectivity index (χ2v) is 23.3. The molecule has 4 aromatic rings. The largest absolute Gasteiger partial charge is 0.504 e. The first-order chi connectivity index (χ1) is 29.5. The van der Waals surface area contributed by atoms with Gasteiger partial charge in [-0.3, -0.25) is 19.2 Å². The average Bonchev–Trinajstić information content (AvgIpc) is 3.15. The number of phenols is 2. The predicted octanol–water partition coefficient (Wildman–Crippen LogP) is 14.9. The van der Waals surface area contributed by atoms with Crippen molar-refractivity contribution in [1.29, 1.82) is 0 Å². The van der Waals surface area contributed by atoms with Crippen molar-refractivity contribution in [3.8, 4) is 11.5 Å². The lowest BCUT2D eigenvalue weighted by Crippen LogP contribution is -2.20. The van der Waals surface area contributed by atoms with Gasteiger partial charge in [0, 0.05) is 47.9 Å². The maximum Gasteiger partial charge on any atom is 0.164 e. The summed E-state index contributed by atoms with van der Waals surface area (Å²) >= 11 is 0. The number of phenolic OH excluding ortho intramolecular Hbond substituents is 2. The van der Waals surface area contributed by atoms with Gasteiger partial charge < -0.3 is 10.2 Å². The van der Waals surface area contributed by atoms with E-state index in [0.29, 0.717) is 47.9 Å². The van der Waals surface area contributed by atoms with E-state index in [2.05, 4.69) is 38.1 Å². The summed E-state index contributed by atoms with van der Waals surface area (Å²) < 4.78 is 0. The van der Waals surface area contributed by atoms with E-state index >= 15 is 0 Å². The van der Waals surface area contributed by atoms with Gasteiger partial charge in [0.2, 0.25) is 0 Å². The van der Waals surface area contributed by atoms with Crippen molar-refractivity contribution >= 4 is 23.1 Å². The summed E-state index contributed by atoms with van der Waals surface area (Å²) in [5.74, 6) is 0.522. The van der Waals surface area contributed by atoms with Crippen LogP contribution in [-0.2, 0) is 25.7 Å². The van der Waals surface area contributed by atoms with Crippen molar-refractivity contribution in [1.82, 2.24) is 0 Å². The van der Waals surface area contributed by atoms with Crippen LogP contribution in [0.15, 0.2) is 84.9 Å². The van der Waals surface area contributed by atoms with Gasteiger partial charge in [-0.25, -0.2) is 0 Å². The molecule has 0 saturated heterocycles. The minimum atomic E-state index is -0.181. The Morgan fingerprint density at radius 2 is 0.750 bits per heavy atom. The monoisotopic (exact) mass is 873 g/mol. The molecule has 2 N–H and O–H groups in total. The third kappa shape index (κ3) is 19.1. The van der Waals surface area contributed by atoms with Crippen LogP contribution in [0.2, 0.25) is 0 Å². The number of Topliss-reactive ketones (excluding diaryl/α,β-unsaturated/α-hetero) is 4. The van der Waals surface area contributed by atoms with Crippen LogP contribution in [0, 0.1) is 33.5 Å². The van der Waals surface area contributed by atoms with Crippen LogP contribution in [0.5, 0.6) is 11.5 Å². The Morgan fingerprint density at radius 3 is 1.11 bits per heavy atom. The van der Waals surface area contributed by atoms with Crippen LogP contribution >= 0.6 is 0 Å². The van der Waals surface area contributed by atoms with Crippen molar-refractivity contribution in [3.05, 3.63) is 129 Å². The Kier molecular flexibility index (Phi) is 19.1. The molecule has 0 radical (unpaired) electrons. The average molecular weight is 873 g/mol. The van der Waals surface area contributed by atoms with E-state index in [1.54, 1.807) is 12.1 Å². The van der Waals surface area contributed by atoms with E-state index in [-0.39, 0.29) is 68.1 Å². The van der Waals surface area contributed by atoms with Crippen LogP contribution in [0.1, 0.15) is 199 Å². The summed E-state index contributed by atoms with van der Waals surface area (Å²) in [5, 5.41) is 18.6. The SMILES string of the molecule is CC(Cc1ccc(C(=O)CC(C)(C)C)c(C(=O)CC(C)(C)C)c1)C(C)Cc1ccc(C(=O)CC(C)(C)C)c(C(=O)CC(C)(C)C)c1.Oc1ccc(CCCCc2ccccc2)cc1O. The highest BCUT2D eigenvalue weighted by Gasteiger charge is 2.28. The summed E-state index contributed by atoms with van der Waals surface area (Å²) in [5.41, 5.74) is 5.98. The van der Waals surface area contributed by atoms with Gasteiger partial charge in [0.1, 0.15) is 0 Å². The lowest BCUT2D eigenvalue weighted by molar-refractivity contribution is 0.0904. The Balaban J connectivity index is 0.000000499. The molecule has 2 atom stereocenters. The number of hydrogen-bond donors (Lipinski definition) is 2. The maximum absolute atomic E-state index is 13.5. The van der Waals surface area contributed by atoms with E-state index in [1.165, 1.54) is 5.56 Å². The molecular formula is C58H80O6. The Hall–Kier alpha value is -4.84. The van der Waals surface area contributed by atoms with Gasteiger partial charge in [-0.1, -0.05) is 158 Å². The van der Waals surface area contributed by atoms with Gasteiger partial charge in [-0.2, -0.15) is 0 Å². The second kappa shape index (κ2) is 22.9. The molecule has 2 unspecified atom stereocenters. The van der Waals surface area contributed by atoms with E-state index in [1.807, 2.05) is 132 Å². The highest BCUT2D eigenvalue weighted by Crippen LogP contribution is 2.32. The number of unbranched alkanes of at least 4 members (excludes halogenated alkanes) is 1. The van der Waals surface area contributed by atoms with Crippen LogP contribution in [0.3, 0.4) is 0 Å². The Morgan fingerprint density at radius 1 is 0.406 bits per heavy atom. The third-order valence-electron chi connectivity index (χ3n) is 11.3. The number of ketones is 4. The normalized spacial score (nSPS) is 13.1. The molecule has 0 aliphatic rings. The van der Waals surface area contributed by atoms with Crippen LogP contribution in [0.4, 0.5) is 0 Å². The fourth-order valence-electron chi connectivity index (χ4n) is 7.87. The zero-order chi connectivity index (χ0) is 48.2. The molecule has 4 rings (SSSR count). The van der Waals surface area contributed by atoms with E-state index in [4.69, 9.17) is 0 Å². The summed E-state index contributed by atoms with van der Waals surface area (Å²) in [6, 6.07) is 27.1. The number of aryl methyl sites for hydroxylation is 2. The second-order valence-electron chi connectivity index (χ2n) is 23.3. The van der Waals surface area contributed by atoms with Crippen LogP contribution < -0.4 is 0 Å². The Labute approximate surface area is 386 Å². The summed E-state index contributed by atoms with van der Waals surface area (Å²) in [6.07, 6.45) is 7.29. The number of rotatable bonds is 18. The highest BCUT2D eigenvalue weighted by molar-refractivity contribution is 6.10. The number of benzene rings is 4. The van der Waals surface area contributed by atoms with Crippen molar-refractivity contribution in [2.75, 3.05) is 0 Å². The molecule has 0 spiro atoms. The maximum atomic E-state index is 13.5. The molecule has 0 heterocycles. The lowest BCUT2D eigenvalue weighted by Gasteiger charge is -2.23. The molecular weight excluding hydrogens is 793 g/mol. The number of carbonyl (C=O) groups is 4. The zero-order valence-corrected chi connectivity index (χ0v) is 41.8. The molecule has 6 heteroatoms. The lowest BCUT2D eigenvalue weighted by atomic mass is 9.80. The van der Waals surface area contributed by atoms with Crippen molar-refractivity contribution in [2.24, 2.45) is 33.5 Å². The van der Waals surface area contributed by atoms with E-state index < -0.39 is 0 Å². The Bertz CT molecular complexity index is 2070. The van der Waals surface area contributed by atoms with Gasteiger partial charge >= 0.3 is 0 Å². The smallest absolute Gasteiger partial charge is 0.164 e. The highest BCUT2D eigenvalue weighted by atomic mass is 16.3. The number of aromatic hydroxyl groups is 2. The van der Waals surface area contributed by atoms with Gasteiger partial charge in [-0.05, 0) is 119 Å². The van der Waals surface area contributed by atoms with Gasteiger partial charge in [0.25, 0.3) is 0 Å². The first kappa shape index (κ1) is 53.5. The molecule has 0 bridgehead atoms. The molecule has 0 aliphatic heterocycles. The number of hydrogen-bond acceptors (Lipinski definition) is 6. The molecule has 348 valence electrons. The molecule has 6 nitrogen and oxygen atoms in total. The van der Waals surface area contributed by atoms with E-state index in [0.717, 1.165) is 55.2 Å². The van der Waals surface area contributed by atoms with Crippen molar-refractivity contribution in [3.63, 3.8) is 0 Å².